The van der Waals surface area contributed by atoms with Gasteiger partial charge in [-0.05, 0) is 72.4 Å². The van der Waals surface area contributed by atoms with Crippen LogP contribution in [0.15, 0.2) is 77.9 Å². The first-order chi connectivity index (χ1) is 15.1. The van der Waals surface area contributed by atoms with Crippen molar-refractivity contribution in [2.75, 3.05) is 7.11 Å². The second kappa shape index (κ2) is 11.6. The van der Waals surface area contributed by atoms with Crippen LogP contribution in [0.1, 0.15) is 35.1 Å². The van der Waals surface area contributed by atoms with Crippen LogP contribution in [0.4, 0.5) is 0 Å². The van der Waals surface area contributed by atoms with Crippen LogP contribution in [0.25, 0.3) is 0 Å². The molecule has 0 radical (unpaired) electrons. The van der Waals surface area contributed by atoms with Gasteiger partial charge in [-0.1, -0.05) is 42.5 Å². The molecule has 3 aromatic carbocycles. The molecular formula is C26H28N2O3. The van der Waals surface area contributed by atoms with E-state index < -0.39 is 0 Å². The largest absolute Gasteiger partial charge is 0.496 e. The van der Waals surface area contributed by atoms with Crippen molar-refractivity contribution in [2.45, 2.75) is 32.8 Å². The van der Waals surface area contributed by atoms with Crippen molar-refractivity contribution < 1.29 is 14.3 Å². The molecule has 0 aliphatic rings. The highest BCUT2D eigenvalue weighted by atomic mass is 16.5. The quantitative estimate of drug-likeness (QED) is 0.371. The zero-order valence-electron chi connectivity index (χ0n) is 18.0. The summed E-state index contributed by atoms with van der Waals surface area (Å²) < 4.78 is 11.0. The first kappa shape index (κ1) is 22.1. The SMILES string of the molecule is COc1ccc(CCCC(=O)NN=Cc2ccc(OCc3ccccc3)cc2)cc1C. The first-order valence-corrected chi connectivity index (χ1v) is 10.4. The van der Waals surface area contributed by atoms with Crippen LogP contribution < -0.4 is 14.9 Å². The molecule has 0 bridgehead atoms. The Kier molecular flexibility index (Phi) is 8.23. The summed E-state index contributed by atoms with van der Waals surface area (Å²) in [6, 6.07) is 23.7. The molecule has 0 aliphatic heterocycles. The van der Waals surface area contributed by atoms with Crippen molar-refractivity contribution in [3.05, 3.63) is 95.1 Å². The number of carbonyl (C=O) groups is 1. The summed E-state index contributed by atoms with van der Waals surface area (Å²) in [6.07, 6.45) is 3.66. The molecule has 0 aromatic heterocycles. The third-order valence-corrected chi connectivity index (χ3v) is 4.86. The summed E-state index contributed by atoms with van der Waals surface area (Å²) in [5.74, 6) is 1.58. The third kappa shape index (κ3) is 7.30. The van der Waals surface area contributed by atoms with Crippen LogP contribution in [-0.4, -0.2) is 19.2 Å². The Labute approximate surface area is 183 Å². The number of hydrogen-bond acceptors (Lipinski definition) is 4. The summed E-state index contributed by atoms with van der Waals surface area (Å²) in [4.78, 5) is 12.0. The molecule has 0 spiro atoms. The number of amides is 1. The number of benzene rings is 3. The van der Waals surface area contributed by atoms with E-state index in [-0.39, 0.29) is 5.91 Å². The number of ether oxygens (including phenoxy) is 2. The van der Waals surface area contributed by atoms with Crippen molar-refractivity contribution in [2.24, 2.45) is 5.10 Å². The maximum atomic E-state index is 12.0. The molecule has 0 saturated heterocycles. The van der Waals surface area contributed by atoms with E-state index in [1.807, 2.05) is 73.7 Å². The zero-order valence-corrected chi connectivity index (χ0v) is 18.0. The van der Waals surface area contributed by atoms with Crippen molar-refractivity contribution in [1.82, 2.24) is 5.43 Å². The van der Waals surface area contributed by atoms with Gasteiger partial charge >= 0.3 is 0 Å². The first-order valence-electron chi connectivity index (χ1n) is 10.4. The summed E-state index contributed by atoms with van der Waals surface area (Å²) in [7, 11) is 1.67. The molecule has 0 fully saturated rings. The van der Waals surface area contributed by atoms with Gasteiger partial charge in [0.1, 0.15) is 18.1 Å². The highest BCUT2D eigenvalue weighted by molar-refractivity contribution is 5.82. The number of carbonyl (C=O) groups excluding carboxylic acids is 1. The minimum absolute atomic E-state index is 0.0932. The molecule has 0 atom stereocenters. The number of hydrazone groups is 1. The topological polar surface area (TPSA) is 59.9 Å². The van der Waals surface area contributed by atoms with Crippen molar-refractivity contribution >= 4 is 12.1 Å². The number of aryl methyl sites for hydroxylation is 2. The minimum atomic E-state index is -0.0932. The van der Waals surface area contributed by atoms with Gasteiger partial charge in [0.25, 0.3) is 0 Å². The van der Waals surface area contributed by atoms with E-state index in [1.165, 1.54) is 5.56 Å². The zero-order chi connectivity index (χ0) is 21.9. The maximum Gasteiger partial charge on any atom is 0.240 e. The van der Waals surface area contributed by atoms with Crippen molar-refractivity contribution in [3.63, 3.8) is 0 Å². The van der Waals surface area contributed by atoms with Gasteiger partial charge in [-0.2, -0.15) is 5.10 Å². The van der Waals surface area contributed by atoms with E-state index >= 15 is 0 Å². The number of nitrogens with one attached hydrogen (secondary N) is 1. The summed E-state index contributed by atoms with van der Waals surface area (Å²) in [6.45, 7) is 2.55. The van der Waals surface area contributed by atoms with Crippen molar-refractivity contribution in [3.8, 4) is 11.5 Å². The molecule has 5 nitrogen and oxygen atoms in total. The molecule has 0 saturated carbocycles. The molecule has 3 aromatic rings. The van der Waals surface area contributed by atoms with Gasteiger partial charge in [0.15, 0.2) is 0 Å². The highest BCUT2D eigenvalue weighted by Crippen LogP contribution is 2.19. The van der Waals surface area contributed by atoms with Crippen LogP contribution in [0.3, 0.4) is 0 Å². The van der Waals surface area contributed by atoms with Crippen LogP contribution in [0.5, 0.6) is 11.5 Å². The lowest BCUT2D eigenvalue weighted by Crippen LogP contribution is -2.17. The number of hydrogen-bond donors (Lipinski definition) is 1. The Balaban J connectivity index is 1.37. The lowest BCUT2D eigenvalue weighted by molar-refractivity contribution is -0.121. The Bertz CT molecular complexity index is 999. The summed E-state index contributed by atoms with van der Waals surface area (Å²) in [5, 5.41) is 4.05. The Morgan fingerprint density at radius 2 is 1.77 bits per heavy atom. The fraction of sp³-hybridized carbons (Fsp3) is 0.231. The predicted molar refractivity (Wildman–Crippen MR) is 124 cm³/mol. The van der Waals surface area contributed by atoms with E-state index in [4.69, 9.17) is 9.47 Å². The van der Waals surface area contributed by atoms with Crippen LogP contribution in [-0.2, 0) is 17.8 Å². The molecule has 160 valence electrons. The van der Waals surface area contributed by atoms with Crippen LogP contribution in [0, 0.1) is 6.92 Å². The Morgan fingerprint density at radius 3 is 2.48 bits per heavy atom. The van der Waals surface area contributed by atoms with Gasteiger partial charge in [0.05, 0.1) is 13.3 Å². The number of nitrogens with zero attached hydrogens (tertiary/aromatic N) is 1. The van der Waals surface area contributed by atoms with E-state index in [1.54, 1.807) is 13.3 Å². The molecule has 3 rings (SSSR count). The summed E-state index contributed by atoms with van der Waals surface area (Å²) >= 11 is 0. The number of rotatable bonds is 10. The molecule has 0 heterocycles. The van der Waals surface area contributed by atoms with Crippen LogP contribution in [0.2, 0.25) is 0 Å². The fourth-order valence-corrected chi connectivity index (χ4v) is 3.17. The van der Waals surface area contributed by atoms with E-state index in [2.05, 4.69) is 16.6 Å². The third-order valence-electron chi connectivity index (χ3n) is 4.86. The second-order valence-corrected chi connectivity index (χ2v) is 7.29. The molecule has 0 aliphatic carbocycles. The average Bonchev–Trinajstić information content (AvgIpc) is 2.79. The second-order valence-electron chi connectivity index (χ2n) is 7.29. The van der Waals surface area contributed by atoms with Gasteiger partial charge in [0, 0.05) is 6.42 Å². The predicted octanol–water partition coefficient (Wildman–Crippen LogP) is 5.06. The number of methoxy groups -OCH3 is 1. The van der Waals surface area contributed by atoms with E-state index in [9.17, 15) is 4.79 Å². The van der Waals surface area contributed by atoms with E-state index in [0.717, 1.165) is 41.0 Å². The smallest absolute Gasteiger partial charge is 0.240 e. The summed E-state index contributed by atoms with van der Waals surface area (Å²) in [5.41, 5.74) is 6.90. The normalized spacial score (nSPS) is 10.8. The minimum Gasteiger partial charge on any atom is -0.496 e. The lowest BCUT2D eigenvalue weighted by atomic mass is 10.1. The van der Waals surface area contributed by atoms with Gasteiger partial charge in [-0.15, -0.1) is 0 Å². The molecule has 31 heavy (non-hydrogen) atoms. The van der Waals surface area contributed by atoms with Crippen molar-refractivity contribution in [1.29, 1.82) is 0 Å². The molecule has 1 N–H and O–H groups in total. The Hall–Kier alpha value is -3.60. The Morgan fingerprint density at radius 1 is 1.00 bits per heavy atom. The lowest BCUT2D eigenvalue weighted by Gasteiger charge is -2.07. The van der Waals surface area contributed by atoms with Crippen LogP contribution >= 0.6 is 0 Å². The monoisotopic (exact) mass is 416 g/mol. The fourth-order valence-electron chi connectivity index (χ4n) is 3.17. The molecule has 1 amide bonds. The molecule has 5 heteroatoms. The highest BCUT2D eigenvalue weighted by Gasteiger charge is 2.03. The maximum absolute atomic E-state index is 12.0. The molecular weight excluding hydrogens is 388 g/mol. The van der Waals surface area contributed by atoms with Gasteiger partial charge in [-0.25, -0.2) is 5.43 Å². The van der Waals surface area contributed by atoms with Gasteiger partial charge in [0.2, 0.25) is 5.91 Å². The average molecular weight is 417 g/mol. The van der Waals surface area contributed by atoms with E-state index in [0.29, 0.717) is 13.0 Å². The molecule has 0 unspecified atom stereocenters. The van der Waals surface area contributed by atoms with Gasteiger partial charge in [-0.3, -0.25) is 4.79 Å². The standard InChI is InChI=1S/C26H28N2O3/c1-20-17-21(13-16-25(20)30-2)9-6-10-26(29)28-27-18-22-11-14-24(15-12-22)31-19-23-7-4-3-5-8-23/h3-5,7-8,11-18H,6,9-10,19H2,1-2H3,(H,28,29). The van der Waals surface area contributed by atoms with Gasteiger partial charge < -0.3 is 9.47 Å².